The topological polar surface area (TPSA) is 57.8 Å². The summed E-state index contributed by atoms with van der Waals surface area (Å²) in [4.78, 5) is 21.1. The number of ether oxygens (including phenoxy) is 2. The first-order chi connectivity index (χ1) is 15.1. The molecule has 1 N–H and O–H groups in total. The number of aromatic amines is 1. The summed E-state index contributed by atoms with van der Waals surface area (Å²) in [5.41, 5.74) is 1.59. The van der Waals surface area contributed by atoms with Crippen LogP contribution in [0.2, 0.25) is 0 Å². The first kappa shape index (κ1) is 23.1. The number of pyridine rings is 1. The molecule has 0 atom stereocenters. The molecule has 0 amide bonds. The molecule has 6 heteroatoms. The highest BCUT2D eigenvalue weighted by molar-refractivity contribution is 5.93. The molecule has 3 aromatic rings. The van der Waals surface area contributed by atoms with Crippen LogP contribution in [0.1, 0.15) is 27.7 Å². The van der Waals surface area contributed by atoms with E-state index in [1.165, 1.54) is 0 Å². The minimum absolute atomic E-state index is 0.00707. The quantitative estimate of drug-likeness (QED) is 0.442. The second-order valence-corrected chi connectivity index (χ2v) is 7.62. The Kier molecular flexibility index (Phi) is 8.32. The van der Waals surface area contributed by atoms with Gasteiger partial charge in [0.05, 0.1) is 11.0 Å². The van der Waals surface area contributed by atoms with Gasteiger partial charge in [0.1, 0.15) is 24.7 Å². The van der Waals surface area contributed by atoms with E-state index in [0.29, 0.717) is 24.0 Å². The van der Waals surface area contributed by atoms with Gasteiger partial charge in [0, 0.05) is 29.9 Å². The molecular weight excluding hydrogens is 390 g/mol. The lowest BCUT2D eigenvalue weighted by Crippen LogP contribution is -2.27. The van der Waals surface area contributed by atoms with Crippen LogP contribution in [0.25, 0.3) is 21.8 Å². The van der Waals surface area contributed by atoms with Crippen molar-refractivity contribution in [2.24, 2.45) is 0 Å². The number of hydrogen-bond acceptors (Lipinski definition) is 5. The van der Waals surface area contributed by atoms with Gasteiger partial charge in [0.15, 0.2) is 5.43 Å². The number of benzene rings is 2. The first-order valence-electron chi connectivity index (χ1n) is 11.4. The fraction of sp³-hybridized carbons (Fsp3) is 0.480. The summed E-state index contributed by atoms with van der Waals surface area (Å²) in [5, 5.41) is 1.30. The van der Waals surface area contributed by atoms with Crippen molar-refractivity contribution in [1.82, 2.24) is 14.8 Å². The van der Waals surface area contributed by atoms with Gasteiger partial charge in [-0.1, -0.05) is 27.7 Å². The van der Waals surface area contributed by atoms with Gasteiger partial charge in [0.25, 0.3) is 0 Å². The van der Waals surface area contributed by atoms with Crippen LogP contribution in [0, 0.1) is 0 Å². The van der Waals surface area contributed by atoms with Crippen molar-refractivity contribution in [2.45, 2.75) is 27.7 Å². The molecule has 1 heterocycles. The number of likely N-dealkylation sites (N-methyl/N-ethyl adjacent to an activating group) is 2. The number of H-pyrrole nitrogens is 1. The highest BCUT2D eigenvalue weighted by Gasteiger charge is 2.09. The summed E-state index contributed by atoms with van der Waals surface area (Å²) in [5.74, 6) is 1.49. The Morgan fingerprint density at radius 1 is 0.710 bits per heavy atom. The molecule has 0 radical (unpaired) electrons. The second-order valence-electron chi connectivity index (χ2n) is 7.62. The molecule has 1 aromatic heterocycles. The van der Waals surface area contributed by atoms with Crippen molar-refractivity contribution < 1.29 is 9.47 Å². The Bertz CT molecular complexity index is 1040. The van der Waals surface area contributed by atoms with E-state index < -0.39 is 0 Å². The van der Waals surface area contributed by atoms with E-state index >= 15 is 0 Å². The molecule has 0 saturated carbocycles. The van der Waals surface area contributed by atoms with Gasteiger partial charge in [-0.3, -0.25) is 4.79 Å². The van der Waals surface area contributed by atoms with Crippen LogP contribution in [-0.2, 0) is 0 Å². The maximum Gasteiger partial charge on any atom is 0.197 e. The lowest BCUT2D eigenvalue weighted by molar-refractivity contribution is 0.223. The molecule has 0 aliphatic rings. The molecule has 6 nitrogen and oxygen atoms in total. The van der Waals surface area contributed by atoms with Crippen LogP contribution in [0.15, 0.2) is 41.2 Å². The molecule has 2 aromatic carbocycles. The Morgan fingerprint density at radius 2 is 1.26 bits per heavy atom. The first-order valence-corrected chi connectivity index (χ1v) is 11.4. The van der Waals surface area contributed by atoms with Gasteiger partial charge in [0.2, 0.25) is 0 Å². The normalized spacial score (nSPS) is 11.7. The number of fused-ring (bicyclic) bond motifs is 2. The minimum Gasteiger partial charge on any atom is -0.492 e. The molecule has 0 unspecified atom stereocenters. The number of rotatable bonds is 12. The van der Waals surface area contributed by atoms with E-state index in [1.54, 1.807) is 0 Å². The van der Waals surface area contributed by atoms with Crippen molar-refractivity contribution >= 4 is 21.8 Å². The average molecular weight is 426 g/mol. The van der Waals surface area contributed by atoms with E-state index in [1.807, 2.05) is 36.4 Å². The molecule has 31 heavy (non-hydrogen) atoms. The van der Waals surface area contributed by atoms with E-state index in [2.05, 4.69) is 42.5 Å². The van der Waals surface area contributed by atoms with Crippen molar-refractivity contribution in [3.8, 4) is 11.5 Å². The van der Waals surface area contributed by atoms with Gasteiger partial charge in [-0.2, -0.15) is 0 Å². The van der Waals surface area contributed by atoms with E-state index in [9.17, 15) is 4.79 Å². The van der Waals surface area contributed by atoms with Crippen LogP contribution < -0.4 is 14.9 Å². The van der Waals surface area contributed by atoms with E-state index in [0.717, 1.165) is 61.8 Å². The average Bonchev–Trinajstić information content (AvgIpc) is 2.80. The number of nitrogens with zero attached hydrogens (tertiary/aromatic N) is 2. The molecule has 3 rings (SSSR count). The van der Waals surface area contributed by atoms with E-state index in [-0.39, 0.29) is 5.43 Å². The molecule has 0 fully saturated rings. The van der Waals surface area contributed by atoms with Crippen molar-refractivity contribution in [3.63, 3.8) is 0 Å². The van der Waals surface area contributed by atoms with Crippen LogP contribution >= 0.6 is 0 Å². The third kappa shape index (κ3) is 5.77. The lowest BCUT2D eigenvalue weighted by Gasteiger charge is -2.18. The summed E-state index contributed by atoms with van der Waals surface area (Å²) >= 11 is 0. The zero-order valence-corrected chi connectivity index (χ0v) is 19.2. The molecule has 0 aliphatic carbocycles. The highest BCUT2D eigenvalue weighted by atomic mass is 16.5. The molecule has 0 aliphatic heterocycles. The smallest absolute Gasteiger partial charge is 0.197 e. The highest BCUT2D eigenvalue weighted by Crippen LogP contribution is 2.23. The third-order valence-corrected chi connectivity index (χ3v) is 5.88. The third-order valence-electron chi connectivity index (χ3n) is 5.88. The molecule has 168 valence electrons. The summed E-state index contributed by atoms with van der Waals surface area (Å²) in [6.07, 6.45) is 0. The Morgan fingerprint density at radius 3 is 1.84 bits per heavy atom. The SMILES string of the molecule is CCN(CC)CCOc1ccc2c(=O)c3cc(OCCN(CC)CC)ccc3[nH]c2c1. The van der Waals surface area contributed by atoms with Crippen molar-refractivity contribution in [1.29, 1.82) is 0 Å². The van der Waals surface area contributed by atoms with Crippen LogP contribution in [0.3, 0.4) is 0 Å². The van der Waals surface area contributed by atoms with Crippen molar-refractivity contribution in [3.05, 3.63) is 46.6 Å². The monoisotopic (exact) mass is 425 g/mol. The van der Waals surface area contributed by atoms with Crippen molar-refractivity contribution in [2.75, 3.05) is 52.5 Å². The van der Waals surface area contributed by atoms with Gasteiger partial charge in [-0.05, 0) is 56.5 Å². The predicted octanol–water partition coefficient (Wildman–Crippen LogP) is 4.12. The largest absolute Gasteiger partial charge is 0.492 e. The lowest BCUT2D eigenvalue weighted by atomic mass is 10.1. The van der Waals surface area contributed by atoms with Gasteiger partial charge in [-0.25, -0.2) is 0 Å². The number of aromatic nitrogens is 1. The molecule has 0 spiro atoms. The summed E-state index contributed by atoms with van der Waals surface area (Å²) < 4.78 is 11.8. The zero-order valence-electron chi connectivity index (χ0n) is 19.2. The fourth-order valence-corrected chi connectivity index (χ4v) is 3.78. The maximum absolute atomic E-state index is 13.1. The maximum atomic E-state index is 13.1. The molecule has 0 saturated heterocycles. The van der Waals surface area contributed by atoms with Crippen LogP contribution in [0.4, 0.5) is 0 Å². The Hall–Kier alpha value is -2.57. The van der Waals surface area contributed by atoms with Gasteiger partial charge < -0.3 is 24.3 Å². The van der Waals surface area contributed by atoms with E-state index in [4.69, 9.17) is 9.47 Å². The Balaban J connectivity index is 1.76. The summed E-state index contributed by atoms with van der Waals surface area (Å²) in [6, 6.07) is 11.3. The number of nitrogens with one attached hydrogen (secondary N) is 1. The fourth-order valence-electron chi connectivity index (χ4n) is 3.78. The Labute approximate surface area is 184 Å². The predicted molar refractivity (Wildman–Crippen MR) is 129 cm³/mol. The second kappa shape index (κ2) is 11.2. The van der Waals surface area contributed by atoms with Crippen LogP contribution in [0.5, 0.6) is 11.5 Å². The zero-order chi connectivity index (χ0) is 22.2. The standard InChI is InChI=1S/C25H35N3O3/c1-5-27(6-2)13-15-30-19-10-12-23-22(17-19)25(29)21-11-9-20(18-24(21)26-23)31-16-14-28(7-3)8-4/h9-12,17-18H,5-8,13-16H2,1-4H3,(H,26,29). The minimum atomic E-state index is 0.00707. The van der Waals surface area contributed by atoms with Gasteiger partial charge in [-0.15, -0.1) is 0 Å². The summed E-state index contributed by atoms with van der Waals surface area (Å²) in [6.45, 7) is 15.6. The van der Waals surface area contributed by atoms with Crippen LogP contribution in [-0.4, -0.2) is 67.3 Å². The van der Waals surface area contributed by atoms with Gasteiger partial charge >= 0.3 is 0 Å². The summed E-state index contributed by atoms with van der Waals surface area (Å²) in [7, 11) is 0. The number of hydrogen-bond donors (Lipinski definition) is 1. The molecular formula is C25H35N3O3. The molecule has 0 bridgehead atoms.